The molecule has 0 radical (unpaired) electrons. The van der Waals surface area contributed by atoms with Crippen LogP contribution in [0.5, 0.6) is 0 Å². The third kappa shape index (κ3) is 3.58. The highest BCUT2D eigenvalue weighted by Gasteiger charge is 2.36. The van der Waals surface area contributed by atoms with E-state index in [0.29, 0.717) is 19.2 Å². The Hall–Kier alpha value is -1.47. The number of amides is 1. The molecule has 1 aromatic heterocycles. The second-order valence-corrected chi connectivity index (χ2v) is 7.44. The first-order valence-electron chi connectivity index (χ1n) is 9.81. The number of hydrogen-bond donors (Lipinski definition) is 1. The molecular formula is C18H29N5O2. The Balaban J connectivity index is 1.31. The van der Waals surface area contributed by atoms with Crippen LogP contribution < -0.4 is 5.32 Å². The highest BCUT2D eigenvalue weighted by atomic mass is 16.5. The molecule has 138 valence electrons. The van der Waals surface area contributed by atoms with Crippen LogP contribution in [-0.2, 0) is 28.9 Å². The fraction of sp³-hybridized carbons (Fsp3) is 0.833. The van der Waals surface area contributed by atoms with E-state index in [-0.39, 0.29) is 18.1 Å². The number of morpholine rings is 1. The number of fused-ring (bicyclic) bond motifs is 2. The smallest absolute Gasteiger partial charge is 0.236 e. The van der Waals surface area contributed by atoms with E-state index >= 15 is 0 Å². The summed E-state index contributed by atoms with van der Waals surface area (Å²) >= 11 is 0. The molecule has 1 aromatic rings. The van der Waals surface area contributed by atoms with E-state index in [1.54, 1.807) is 0 Å². The van der Waals surface area contributed by atoms with Crippen molar-refractivity contribution in [3.8, 4) is 0 Å². The van der Waals surface area contributed by atoms with E-state index < -0.39 is 0 Å². The van der Waals surface area contributed by atoms with Gasteiger partial charge >= 0.3 is 0 Å². The molecule has 7 nitrogen and oxygen atoms in total. The van der Waals surface area contributed by atoms with Crippen LogP contribution in [0.2, 0.25) is 0 Å². The largest absolute Gasteiger partial charge is 0.374 e. The molecule has 7 heteroatoms. The van der Waals surface area contributed by atoms with Gasteiger partial charge in [-0.15, -0.1) is 0 Å². The molecule has 3 aliphatic rings. The highest BCUT2D eigenvalue weighted by Crippen LogP contribution is 2.28. The number of aryl methyl sites for hydroxylation is 2. The third-order valence-corrected chi connectivity index (χ3v) is 5.81. The SMILES string of the molecule is CCc1nc2n(n1)C[C@H](NCC(=O)N1CCO[C@@H]3CCCC[C@@H]31)CC2. The first-order valence-corrected chi connectivity index (χ1v) is 9.81. The summed E-state index contributed by atoms with van der Waals surface area (Å²) in [4.78, 5) is 19.4. The molecule has 2 aliphatic heterocycles. The van der Waals surface area contributed by atoms with Crippen molar-refractivity contribution in [1.82, 2.24) is 25.0 Å². The van der Waals surface area contributed by atoms with Crippen molar-refractivity contribution in [3.05, 3.63) is 11.6 Å². The van der Waals surface area contributed by atoms with Crippen molar-refractivity contribution in [2.75, 3.05) is 19.7 Å². The zero-order valence-corrected chi connectivity index (χ0v) is 15.1. The lowest BCUT2D eigenvalue weighted by Crippen LogP contribution is -2.57. The van der Waals surface area contributed by atoms with Gasteiger partial charge in [-0.25, -0.2) is 9.67 Å². The predicted octanol–water partition coefficient (Wildman–Crippen LogP) is 0.915. The molecule has 0 bridgehead atoms. The molecule has 4 rings (SSSR count). The average molecular weight is 347 g/mol. The highest BCUT2D eigenvalue weighted by molar-refractivity contribution is 5.78. The number of nitrogens with one attached hydrogen (secondary N) is 1. The van der Waals surface area contributed by atoms with E-state index in [2.05, 4.69) is 27.2 Å². The van der Waals surface area contributed by atoms with E-state index in [9.17, 15) is 4.79 Å². The van der Waals surface area contributed by atoms with Crippen LogP contribution in [-0.4, -0.2) is 63.5 Å². The van der Waals surface area contributed by atoms with Crippen LogP contribution in [0.3, 0.4) is 0 Å². The summed E-state index contributed by atoms with van der Waals surface area (Å²) in [5.41, 5.74) is 0. The Kier molecular flexibility index (Phi) is 5.03. The van der Waals surface area contributed by atoms with Gasteiger partial charge in [0.2, 0.25) is 5.91 Å². The number of aromatic nitrogens is 3. The molecule has 1 amide bonds. The summed E-state index contributed by atoms with van der Waals surface area (Å²) in [5, 5.41) is 8.01. The molecule has 1 saturated heterocycles. The Labute approximate surface area is 149 Å². The molecule has 1 aliphatic carbocycles. The van der Waals surface area contributed by atoms with E-state index in [4.69, 9.17) is 4.74 Å². The van der Waals surface area contributed by atoms with Crippen molar-refractivity contribution in [3.63, 3.8) is 0 Å². The minimum absolute atomic E-state index is 0.221. The van der Waals surface area contributed by atoms with Crippen LogP contribution in [0.4, 0.5) is 0 Å². The van der Waals surface area contributed by atoms with Gasteiger partial charge in [-0.1, -0.05) is 19.8 Å². The Morgan fingerprint density at radius 2 is 2.20 bits per heavy atom. The maximum Gasteiger partial charge on any atom is 0.236 e. The minimum atomic E-state index is 0.221. The van der Waals surface area contributed by atoms with Gasteiger partial charge in [-0.05, 0) is 19.3 Å². The van der Waals surface area contributed by atoms with Gasteiger partial charge in [0.15, 0.2) is 5.82 Å². The van der Waals surface area contributed by atoms with Gasteiger partial charge in [-0.2, -0.15) is 5.10 Å². The molecule has 25 heavy (non-hydrogen) atoms. The lowest BCUT2D eigenvalue weighted by molar-refractivity contribution is -0.148. The fourth-order valence-corrected chi connectivity index (χ4v) is 4.42. The monoisotopic (exact) mass is 347 g/mol. The number of rotatable bonds is 4. The topological polar surface area (TPSA) is 72.3 Å². The van der Waals surface area contributed by atoms with Crippen molar-refractivity contribution in [2.45, 2.75) is 76.6 Å². The first kappa shape index (κ1) is 17.0. The average Bonchev–Trinajstić information content (AvgIpc) is 3.08. The molecule has 0 unspecified atom stereocenters. The first-order chi connectivity index (χ1) is 12.2. The fourth-order valence-electron chi connectivity index (χ4n) is 4.42. The van der Waals surface area contributed by atoms with Gasteiger partial charge in [-0.3, -0.25) is 4.79 Å². The molecule has 0 aromatic carbocycles. The van der Waals surface area contributed by atoms with Crippen LogP contribution in [0.1, 0.15) is 50.7 Å². The van der Waals surface area contributed by atoms with Crippen LogP contribution >= 0.6 is 0 Å². The second kappa shape index (κ2) is 7.41. The Bertz CT molecular complexity index is 615. The molecule has 2 fully saturated rings. The Morgan fingerprint density at radius 1 is 1.32 bits per heavy atom. The molecule has 1 saturated carbocycles. The number of nitrogens with zero attached hydrogens (tertiary/aromatic N) is 4. The maximum absolute atomic E-state index is 12.8. The van der Waals surface area contributed by atoms with Crippen LogP contribution in [0.25, 0.3) is 0 Å². The molecule has 3 heterocycles. The zero-order valence-electron chi connectivity index (χ0n) is 15.1. The van der Waals surface area contributed by atoms with Gasteiger partial charge in [0, 0.05) is 25.4 Å². The van der Waals surface area contributed by atoms with E-state index in [0.717, 1.165) is 56.8 Å². The number of hydrogen-bond acceptors (Lipinski definition) is 5. The lowest BCUT2D eigenvalue weighted by Gasteiger charge is -2.44. The standard InChI is InChI=1S/C18H29N5O2/c1-2-16-20-17-8-7-13(12-23(17)21-16)19-11-18(24)22-9-10-25-15-6-4-3-5-14(15)22/h13-15,19H,2-12H2,1H3/t13-,14+,15-/m1/s1. The third-order valence-electron chi connectivity index (χ3n) is 5.81. The van der Waals surface area contributed by atoms with Crippen LogP contribution in [0.15, 0.2) is 0 Å². The van der Waals surface area contributed by atoms with Gasteiger partial charge in [0.25, 0.3) is 0 Å². The van der Waals surface area contributed by atoms with Crippen molar-refractivity contribution < 1.29 is 9.53 Å². The molecule has 3 atom stereocenters. The summed E-state index contributed by atoms with van der Waals surface area (Å²) in [6.45, 7) is 4.72. The number of carbonyl (C=O) groups excluding carboxylic acids is 1. The van der Waals surface area contributed by atoms with E-state index in [1.165, 1.54) is 12.8 Å². The van der Waals surface area contributed by atoms with Crippen molar-refractivity contribution >= 4 is 5.91 Å². The summed E-state index contributed by atoms with van der Waals surface area (Å²) in [5.74, 6) is 2.22. The predicted molar refractivity (Wildman–Crippen MR) is 93.2 cm³/mol. The summed E-state index contributed by atoms with van der Waals surface area (Å²) in [7, 11) is 0. The number of carbonyl (C=O) groups is 1. The summed E-state index contributed by atoms with van der Waals surface area (Å²) in [6.07, 6.45) is 7.69. The minimum Gasteiger partial charge on any atom is -0.374 e. The normalized spacial score (nSPS) is 29.2. The maximum atomic E-state index is 12.8. The summed E-state index contributed by atoms with van der Waals surface area (Å²) < 4.78 is 7.89. The van der Waals surface area contributed by atoms with E-state index in [1.807, 2.05) is 4.68 Å². The van der Waals surface area contributed by atoms with Crippen LogP contribution in [0, 0.1) is 0 Å². The van der Waals surface area contributed by atoms with Gasteiger partial charge in [0.1, 0.15) is 5.82 Å². The van der Waals surface area contributed by atoms with Crippen molar-refractivity contribution in [2.24, 2.45) is 0 Å². The zero-order chi connectivity index (χ0) is 17.2. The second-order valence-electron chi connectivity index (χ2n) is 7.44. The quantitative estimate of drug-likeness (QED) is 0.877. The molecular weight excluding hydrogens is 318 g/mol. The molecule has 0 spiro atoms. The molecule has 1 N–H and O–H groups in total. The van der Waals surface area contributed by atoms with Crippen molar-refractivity contribution in [1.29, 1.82) is 0 Å². The summed E-state index contributed by atoms with van der Waals surface area (Å²) in [6, 6.07) is 0.586. The lowest BCUT2D eigenvalue weighted by atomic mass is 9.90. The Morgan fingerprint density at radius 3 is 3.08 bits per heavy atom. The van der Waals surface area contributed by atoms with Gasteiger partial charge in [0.05, 0.1) is 31.8 Å². The number of ether oxygens (including phenoxy) is 1. The van der Waals surface area contributed by atoms with Gasteiger partial charge < -0.3 is 15.0 Å².